The lowest BCUT2D eigenvalue weighted by molar-refractivity contribution is 0.132. The number of aromatic nitrogens is 2. The number of nitrogen functional groups attached to an aromatic ring is 1. The maximum absolute atomic E-state index is 6.04. The summed E-state index contributed by atoms with van der Waals surface area (Å²) in [6.07, 6.45) is 1.70. The first kappa shape index (κ1) is 15.5. The molecule has 0 aliphatic heterocycles. The van der Waals surface area contributed by atoms with Crippen molar-refractivity contribution in [2.24, 2.45) is 5.16 Å². The number of rotatable bonds is 4. The molecule has 0 saturated heterocycles. The van der Waals surface area contributed by atoms with E-state index in [0.717, 1.165) is 31.7 Å². The quantitative estimate of drug-likeness (QED) is 0.441. The normalized spacial score (nSPS) is 11.6. The lowest BCUT2D eigenvalue weighted by atomic mass is 10.2. The fourth-order valence-electron chi connectivity index (χ4n) is 2.67. The molecule has 0 unspecified atom stereocenters. The van der Waals surface area contributed by atoms with Crippen LogP contribution in [-0.2, 0) is 11.4 Å². The van der Waals surface area contributed by atoms with Gasteiger partial charge in [-0.15, -0.1) is 11.3 Å². The Balaban J connectivity index is 1.56. The van der Waals surface area contributed by atoms with E-state index in [1.165, 1.54) is 5.56 Å². The SMILES string of the molecule is Cc1cccc(/C=N/OCc2nc3c(N)nc4ccccc4c3s2)c1. The first-order valence-corrected chi connectivity index (χ1v) is 8.68. The van der Waals surface area contributed by atoms with Crippen molar-refractivity contribution in [2.75, 3.05) is 5.73 Å². The second-order valence-corrected chi connectivity index (χ2v) is 6.81. The number of thiazole rings is 1. The highest BCUT2D eigenvalue weighted by Gasteiger charge is 2.12. The lowest BCUT2D eigenvalue weighted by Gasteiger charge is -1.99. The van der Waals surface area contributed by atoms with Crippen LogP contribution in [0.3, 0.4) is 0 Å². The Labute approximate surface area is 148 Å². The van der Waals surface area contributed by atoms with E-state index in [1.807, 2.05) is 55.5 Å². The first-order valence-electron chi connectivity index (χ1n) is 7.86. The van der Waals surface area contributed by atoms with Gasteiger partial charge in [-0.1, -0.05) is 53.2 Å². The summed E-state index contributed by atoms with van der Waals surface area (Å²) in [6, 6.07) is 16.0. The molecule has 4 aromatic rings. The van der Waals surface area contributed by atoms with Gasteiger partial charge >= 0.3 is 0 Å². The van der Waals surface area contributed by atoms with Gasteiger partial charge in [0.15, 0.2) is 12.4 Å². The molecule has 6 heteroatoms. The van der Waals surface area contributed by atoms with Gasteiger partial charge in [-0.3, -0.25) is 0 Å². The van der Waals surface area contributed by atoms with Gasteiger partial charge in [0, 0.05) is 5.39 Å². The van der Waals surface area contributed by atoms with Crippen LogP contribution >= 0.6 is 11.3 Å². The zero-order valence-corrected chi connectivity index (χ0v) is 14.5. The molecule has 0 amide bonds. The van der Waals surface area contributed by atoms with Gasteiger partial charge in [0.25, 0.3) is 0 Å². The van der Waals surface area contributed by atoms with Crippen LogP contribution < -0.4 is 5.73 Å². The maximum Gasteiger partial charge on any atom is 0.168 e. The van der Waals surface area contributed by atoms with Crippen molar-refractivity contribution in [2.45, 2.75) is 13.5 Å². The summed E-state index contributed by atoms with van der Waals surface area (Å²) in [5.41, 5.74) is 9.83. The molecule has 2 N–H and O–H groups in total. The number of para-hydroxylation sites is 1. The Morgan fingerprint density at radius 1 is 1.16 bits per heavy atom. The first-order chi connectivity index (χ1) is 12.2. The van der Waals surface area contributed by atoms with E-state index in [4.69, 9.17) is 10.6 Å². The van der Waals surface area contributed by atoms with Crippen molar-refractivity contribution < 1.29 is 4.84 Å². The average Bonchev–Trinajstić information content (AvgIpc) is 3.04. The molecule has 5 nitrogen and oxygen atoms in total. The van der Waals surface area contributed by atoms with Crippen molar-refractivity contribution >= 4 is 44.5 Å². The summed E-state index contributed by atoms with van der Waals surface area (Å²) in [5, 5.41) is 5.90. The van der Waals surface area contributed by atoms with Crippen LogP contribution in [0, 0.1) is 6.92 Å². The van der Waals surface area contributed by atoms with Crippen molar-refractivity contribution in [3.05, 3.63) is 64.7 Å². The molecule has 0 fully saturated rings. The zero-order valence-electron chi connectivity index (χ0n) is 13.6. The molecule has 0 aliphatic carbocycles. The Hall–Kier alpha value is -2.99. The third-order valence-corrected chi connectivity index (χ3v) is 4.87. The molecule has 0 aliphatic rings. The van der Waals surface area contributed by atoms with Crippen LogP contribution in [0.15, 0.2) is 53.7 Å². The van der Waals surface area contributed by atoms with Crippen LogP contribution in [0.1, 0.15) is 16.1 Å². The minimum atomic E-state index is 0.301. The maximum atomic E-state index is 6.04. The Morgan fingerprint density at radius 2 is 2.04 bits per heavy atom. The van der Waals surface area contributed by atoms with E-state index in [1.54, 1.807) is 17.6 Å². The van der Waals surface area contributed by atoms with Gasteiger partial charge in [-0.25, -0.2) is 9.97 Å². The average molecular weight is 348 g/mol. The lowest BCUT2D eigenvalue weighted by Crippen LogP contribution is -1.93. The fourth-order valence-corrected chi connectivity index (χ4v) is 3.68. The summed E-state index contributed by atoms with van der Waals surface area (Å²) < 4.78 is 1.03. The third-order valence-electron chi connectivity index (χ3n) is 3.81. The number of aryl methyl sites for hydroxylation is 1. The Bertz CT molecular complexity index is 1090. The predicted octanol–water partition coefficient (Wildman–Crippen LogP) is 4.29. The molecule has 0 bridgehead atoms. The number of fused-ring (bicyclic) bond motifs is 3. The van der Waals surface area contributed by atoms with E-state index < -0.39 is 0 Å². The molecule has 25 heavy (non-hydrogen) atoms. The number of nitrogens with two attached hydrogens (primary N) is 1. The van der Waals surface area contributed by atoms with Gasteiger partial charge < -0.3 is 10.6 Å². The highest BCUT2D eigenvalue weighted by atomic mass is 32.1. The molecule has 124 valence electrons. The van der Waals surface area contributed by atoms with Gasteiger partial charge in [0.05, 0.1) is 16.4 Å². The molecule has 0 radical (unpaired) electrons. The van der Waals surface area contributed by atoms with Crippen molar-refractivity contribution in [3.63, 3.8) is 0 Å². The van der Waals surface area contributed by atoms with Crippen molar-refractivity contribution in [1.29, 1.82) is 0 Å². The largest absolute Gasteiger partial charge is 0.388 e. The smallest absolute Gasteiger partial charge is 0.168 e. The van der Waals surface area contributed by atoms with Crippen LogP contribution in [-0.4, -0.2) is 16.2 Å². The summed E-state index contributed by atoms with van der Waals surface area (Å²) in [7, 11) is 0. The van der Waals surface area contributed by atoms with Crippen molar-refractivity contribution in [3.8, 4) is 0 Å². The molecule has 2 heterocycles. The molecule has 2 aromatic heterocycles. The molecule has 4 rings (SSSR count). The van der Waals surface area contributed by atoms with Crippen LogP contribution in [0.5, 0.6) is 0 Å². The third kappa shape index (κ3) is 3.16. The van der Waals surface area contributed by atoms with E-state index in [2.05, 4.69) is 15.1 Å². The van der Waals surface area contributed by atoms with Crippen molar-refractivity contribution in [1.82, 2.24) is 9.97 Å². The zero-order chi connectivity index (χ0) is 17.2. The number of anilines is 1. The highest BCUT2D eigenvalue weighted by molar-refractivity contribution is 7.19. The predicted molar refractivity (Wildman–Crippen MR) is 103 cm³/mol. The summed E-state index contributed by atoms with van der Waals surface area (Å²) in [6.45, 7) is 2.34. The van der Waals surface area contributed by atoms with E-state index in [0.29, 0.717) is 12.4 Å². The minimum Gasteiger partial charge on any atom is -0.388 e. The second-order valence-electron chi connectivity index (χ2n) is 5.72. The van der Waals surface area contributed by atoms with Gasteiger partial charge in [0.2, 0.25) is 0 Å². The van der Waals surface area contributed by atoms with Gasteiger partial charge in [-0.05, 0) is 18.6 Å². The van der Waals surface area contributed by atoms with Crippen LogP contribution in [0.4, 0.5) is 5.82 Å². The highest BCUT2D eigenvalue weighted by Crippen LogP contribution is 2.32. The number of hydrogen-bond donors (Lipinski definition) is 1. The topological polar surface area (TPSA) is 73.4 Å². The number of hydrogen-bond acceptors (Lipinski definition) is 6. The number of benzene rings is 2. The van der Waals surface area contributed by atoms with E-state index >= 15 is 0 Å². The monoisotopic (exact) mass is 348 g/mol. The fraction of sp³-hybridized carbons (Fsp3) is 0.105. The van der Waals surface area contributed by atoms with Crippen LogP contribution in [0.2, 0.25) is 0 Å². The molecular formula is C19H16N4OS. The minimum absolute atomic E-state index is 0.301. The molecule has 0 atom stereocenters. The van der Waals surface area contributed by atoms with Gasteiger partial charge in [0.1, 0.15) is 10.5 Å². The number of oxime groups is 1. The molecular weight excluding hydrogens is 332 g/mol. The summed E-state index contributed by atoms with van der Waals surface area (Å²) in [4.78, 5) is 14.4. The van der Waals surface area contributed by atoms with E-state index in [-0.39, 0.29) is 0 Å². The second kappa shape index (κ2) is 6.49. The van der Waals surface area contributed by atoms with Gasteiger partial charge in [-0.2, -0.15) is 0 Å². The molecule has 0 saturated carbocycles. The molecule has 2 aromatic carbocycles. The summed E-state index contributed by atoms with van der Waals surface area (Å²) in [5.74, 6) is 0.444. The Morgan fingerprint density at radius 3 is 2.92 bits per heavy atom. The standard InChI is InChI=1S/C19H16N4OS/c1-12-5-4-6-13(9-12)10-21-24-11-16-23-17-18(25-16)14-7-2-3-8-15(14)22-19(17)20/h2-10H,11H2,1H3,(H2,20,22)/b21-10+. The number of nitrogens with zero attached hydrogens (tertiary/aromatic N) is 3. The summed E-state index contributed by atoms with van der Waals surface area (Å²) >= 11 is 1.56. The molecule has 0 spiro atoms. The number of pyridine rings is 1. The van der Waals surface area contributed by atoms with Crippen LogP contribution in [0.25, 0.3) is 21.1 Å². The van der Waals surface area contributed by atoms with E-state index in [9.17, 15) is 0 Å². The Kier molecular flexibility index (Phi) is 4.03.